The van der Waals surface area contributed by atoms with Gasteiger partial charge in [-0.25, -0.2) is 4.39 Å². The molecule has 122 valence electrons. The normalized spacial score (nSPS) is 16.1. The Morgan fingerprint density at radius 2 is 1.83 bits per heavy atom. The van der Waals surface area contributed by atoms with E-state index in [0.29, 0.717) is 6.04 Å². The lowest BCUT2D eigenvalue weighted by atomic mass is 10.0. The topological polar surface area (TPSA) is 32.3 Å². The molecule has 1 aromatic carbocycles. The minimum absolute atomic E-state index is 0.178. The molecule has 0 bridgehead atoms. The molecule has 1 aliphatic heterocycles. The van der Waals surface area contributed by atoms with E-state index in [-0.39, 0.29) is 5.82 Å². The van der Waals surface area contributed by atoms with Gasteiger partial charge in [-0.15, -0.1) is 0 Å². The molecule has 1 saturated heterocycles. The highest BCUT2D eigenvalue weighted by molar-refractivity contribution is 5.46. The summed E-state index contributed by atoms with van der Waals surface area (Å²) in [5, 5.41) is 0. The first-order chi connectivity index (χ1) is 11.1. The van der Waals surface area contributed by atoms with Gasteiger partial charge in [0.2, 0.25) is 0 Å². The third kappa shape index (κ3) is 4.05. The molecule has 0 amide bonds. The average Bonchev–Trinajstić information content (AvgIpc) is 2.58. The van der Waals surface area contributed by atoms with Gasteiger partial charge in [0.1, 0.15) is 5.82 Å². The molecule has 0 saturated carbocycles. The zero-order chi connectivity index (χ0) is 16.2. The Labute approximate surface area is 137 Å². The van der Waals surface area contributed by atoms with Gasteiger partial charge < -0.3 is 4.90 Å². The maximum atomic E-state index is 13.0. The van der Waals surface area contributed by atoms with E-state index in [4.69, 9.17) is 0 Å². The van der Waals surface area contributed by atoms with E-state index in [9.17, 15) is 4.39 Å². The Morgan fingerprint density at radius 3 is 2.43 bits per heavy atom. The van der Waals surface area contributed by atoms with Gasteiger partial charge in [-0.05, 0) is 51.1 Å². The first kappa shape index (κ1) is 15.9. The first-order valence-corrected chi connectivity index (χ1v) is 8.10. The maximum Gasteiger partial charge on any atom is 0.123 e. The lowest BCUT2D eigenvalue weighted by Crippen LogP contribution is -2.43. The molecule has 0 unspecified atom stereocenters. The van der Waals surface area contributed by atoms with Gasteiger partial charge in [0, 0.05) is 43.8 Å². The highest BCUT2D eigenvalue weighted by Gasteiger charge is 2.23. The first-order valence-electron chi connectivity index (χ1n) is 8.10. The zero-order valence-corrected chi connectivity index (χ0v) is 13.7. The van der Waals surface area contributed by atoms with Crippen molar-refractivity contribution in [1.29, 1.82) is 0 Å². The molecule has 1 aromatic heterocycles. The Morgan fingerprint density at radius 1 is 1.13 bits per heavy atom. The number of halogens is 1. The van der Waals surface area contributed by atoms with E-state index < -0.39 is 0 Å². The molecule has 0 radical (unpaired) electrons. The van der Waals surface area contributed by atoms with Crippen LogP contribution >= 0.6 is 0 Å². The number of rotatable bonds is 4. The fourth-order valence-corrected chi connectivity index (χ4v) is 3.10. The number of hydrogen-bond donors (Lipinski definition) is 0. The van der Waals surface area contributed by atoms with E-state index in [1.54, 1.807) is 0 Å². The van der Waals surface area contributed by atoms with Crippen LogP contribution in [0.4, 0.5) is 10.1 Å². The number of anilines is 1. The molecule has 1 aliphatic rings. The summed E-state index contributed by atoms with van der Waals surface area (Å²) in [7, 11) is 2.15. The Balaban J connectivity index is 1.53. The lowest BCUT2D eigenvalue weighted by molar-refractivity contribution is 0.198. The fourth-order valence-electron chi connectivity index (χ4n) is 3.10. The van der Waals surface area contributed by atoms with E-state index in [2.05, 4.69) is 26.8 Å². The summed E-state index contributed by atoms with van der Waals surface area (Å²) in [5.74, 6) is -0.178. The molecule has 0 N–H and O–H groups in total. The van der Waals surface area contributed by atoms with Crippen LogP contribution in [0.3, 0.4) is 0 Å². The second-order valence-electron chi connectivity index (χ2n) is 6.26. The van der Waals surface area contributed by atoms with Crippen molar-refractivity contribution in [3.63, 3.8) is 0 Å². The summed E-state index contributed by atoms with van der Waals surface area (Å²) in [6.45, 7) is 4.78. The van der Waals surface area contributed by atoms with Crippen LogP contribution in [0.1, 0.15) is 24.2 Å². The molecule has 4 nitrogen and oxygen atoms in total. The van der Waals surface area contributed by atoms with Crippen LogP contribution in [0.15, 0.2) is 36.7 Å². The smallest absolute Gasteiger partial charge is 0.123 e. The van der Waals surface area contributed by atoms with Crippen molar-refractivity contribution in [2.24, 2.45) is 0 Å². The number of hydrogen-bond acceptors (Lipinski definition) is 4. The zero-order valence-electron chi connectivity index (χ0n) is 13.7. The third-order valence-corrected chi connectivity index (χ3v) is 4.53. The summed E-state index contributed by atoms with van der Waals surface area (Å²) in [5.41, 5.74) is 3.07. The largest absolute Gasteiger partial charge is 0.371 e. The van der Waals surface area contributed by atoms with Crippen LogP contribution < -0.4 is 4.90 Å². The van der Waals surface area contributed by atoms with Gasteiger partial charge in [-0.3, -0.25) is 14.9 Å². The Bertz CT molecular complexity index is 618. The van der Waals surface area contributed by atoms with Crippen LogP contribution in [0.2, 0.25) is 0 Å². The van der Waals surface area contributed by atoms with Crippen molar-refractivity contribution < 1.29 is 4.39 Å². The van der Waals surface area contributed by atoms with Gasteiger partial charge in [-0.1, -0.05) is 0 Å². The summed E-state index contributed by atoms with van der Waals surface area (Å²) >= 11 is 0. The second kappa shape index (κ2) is 7.04. The van der Waals surface area contributed by atoms with E-state index >= 15 is 0 Å². The van der Waals surface area contributed by atoms with Crippen LogP contribution in [-0.2, 0) is 6.54 Å². The van der Waals surface area contributed by atoms with Gasteiger partial charge in [0.05, 0.1) is 11.4 Å². The number of aromatic nitrogens is 2. The lowest BCUT2D eigenvalue weighted by Gasteiger charge is -2.37. The van der Waals surface area contributed by atoms with Crippen molar-refractivity contribution in [3.05, 3.63) is 53.9 Å². The van der Waals surface area contributed by atoms with Crippen molar-refractivity contribution in [3.8, 4) is 0 Å². The molecule has 2 heterocycles. The van der Waals surface area contributed by atoms with E-state index in [1.165, 1.54) is 12.1 Å². The minimum atomic E-state index is -0.178. The monoisotopic (exact) mass is 314 g/mol. The fraction of sp³-hybridized carbons (Fsp3) is 0.444. The quantitative estimate of drug-likeness (QED) is 0.868. The number of piperidine rings is 1. The molecule has 23 heavy (non-hydrogen) atoms. The molecule has 0 atom stereocenters. The van der Waals surface area contributed by atoms with Crippen LogP contribution in [0.25, 0.3) is 0 Å². The summed E-state index contributed by atoms with van der Waals surface area (Å²) in [4.78, 5) is 13.4. The third-order valence-electron chi connectivity index (χ3n) is 4.53. The molecule has 1 fully saturated rings. The maximum absolute atomic E-state index is 13.0. The predicted octanol–water partition coefficient (Wildman–Crippen LogP) is 3.02. The molecule has 0 spiro atoms. The molecule has 2 aromatic rings. The van der Waals surface area contributed by atoms with E-state index in [1.807, 2.05) is 31.5 Å². The van der Waals surface area contributed by atoms with Crippen molar-refractivity contribution in [2.45, 2.75) is 32.4 Å². The standard InChI is InChI=1S/C18H23FN4/c1-14-11-21-16(12-20-14)13-22(2)17-7-9-23(10-8-17)18-5-3-15(19)4-6-18/h3-6,11-12,17H,7-10,13H2,1-2H3. The van der Waals surface area contributed by atoms with Crippen LogP contribution in [0, 0.1) is 12.7 Å². The van der Waals surface area contributed by atoms with Crippen LogP contribution in [-0.4, -0.2) is 41.0 Å². The molecule has 0 aliphatic carbocycles. The van der Waals surface area contributed by atoms with Gasteiger partial charge in [0.25, 0.3) is 0 Å². The summed E-state index contributed by atoms with van der Waals surface area (Å²) in [6, 6.07) is 7.34. The Kier molecular flexibility index (Phi) is 4.86. The summed E-state index contributed by atoms with van der Waals surface area (Å²) < 4.78 is 13.0. The predicted molar refractivity (Wildman–Crippen MR) is 89.9 cm³/mol. The Hall–Kier alpha value is -2.01. The summed E-state index contributed by atoms with van der Waals surface area (Å²) in [6.07, 6.45) is 5.89. The van der Waals surface area contributed by atoms with E-state index in [0.717, 1.165) is 49.6 Å². The molecular formula is C18H23FN4. The molecule has 3 rings (SSSR count). The SMILES string of the molecule is Cc1cnc(CN(C)C2CCN(c3ccc(F)cc3)CC2)cn1. The van der Waals surface area contributed by atoms with Crippen molar-refractivity contribution in [2.75, 3.05) is 25.0 Å². The van der Waals surface area contributed by atoms with Gasteiger partial charge >= 0.3 is 0 Å². The molecule has 5 heteroatoms. The molecular weight excluding hydrogens is 291 g/mol. The van der Waals surface area contributed by atoms with Crippen LogP contribution in [0.5, 0.6) is 0 Å². The number of nitrogens with zero attached hydrogens (tertiary/aromatic N) is 4. The number of aryl methyl sites for hydroxylation is 1. The van der Waals surface area contributed by atoms with Gasteiger partial charge in [-0.2, -0.15) is 0 Å². The van der Waals surface area contributed by atoms with Crippen molar-refractivity contribution >= 4 is 5.69 Å². The van der Waals surface area contributed by atoms with Crippen molar-refractivity contribution in [1.82, 2.24) is 14.9 Å². The second-order valence-corrected chi connectivity index (χ2v) is 6.26. The highest BCUT2D eigenvalue weighted by Crippen LogP contribution is 2.23. The van der Waals surface area contributed by atoms with Gasteiger partial charge in [0.15, 0.2) is 0 Å². The number of benzene rings is 1. The highest BCUT2D eigenvalue weighted by atomic mass is 19.1. The minimum Gasteiger partial charge on any atom is -0.371 e. The average molecular weight is 314 g/mol.